The Morgan fingerprint density at radius 3 is 2.12 bits per heavy atom. The van der Waals surface area contributed by atoms with Gasteiger partial charge in [0.1, 0.15) is 5.78 Å². The number of carbonyl (C=O) groups is 1. The molecule has 1 aromatic rings. The molecule has 1 rings (SSSR count). The summed E-state index contributed by atoms with van der Waals surface area (Å²) in [6.45, 7) is 8.37. The summed E-state index contributed by atoms with van der Waals surface area (Å²) in [5.74, 6) is 1.30. The van der Waals surface area contributed by atoms with Gasteiger partial charge in [0.2, 0.25) is 0 Å². The van der Waals surface area contributed by atoms with E-state index < -0.39 is 0 Å². The van der Waals surface area contributed by atoms with Crippen LogP contribution in [0, 0.1) is 17.8 Å². The molecule has 0 heterocycles. The Labute approximate surface area is 105 Å². The molecule has 0 spiro atoms. The molecule has 0 saturated heterocycles. The van der Waals surface area contributed by atoms with Crippen molar-refractivity contribution in [1.82, 2.24) is 0 Å². The molecule has 17 heavy (non-hydrogen) atoms. The average Bonchev–Trinajstić information content (AvgIpc) is 2.28. The van der Waals surface area contributed by atoms with E-state index in [1.54, 1.807) is 0 Å². The van der Waals surface area contributed by atoms with E-state index in [2.05, 4.69) is 26.0 Å². The highest BCUT2D eigenvalue weighted by Crippen LogP contribution is 2.21. The quantitative estimate of drug-likeness (QED) is 0.721. The smallest absolute Gasteiger partial charge is 0.138 e. The van der Waals surface area contributed by atoms with E-state index in [0.29, 0.717) is 11.7 Å². The van der Waals surface area contributed by atoms with E-state index in [4.69, 9.17) is 0 Å². The zero-order valence-corrected chi connectivity index (χ0v) is 11.4. The number of benzene rings is 1. The third kappa shape index (κ3) is 4.72. The molecule has 1 nitrogen and oxygen atoms in total. The van der Waals surface area contributed by atoms with Gasteiger partial charge in [-0.2, -0.15) is 0 Å². The van der Waals surface area contributed by atoms with Crippen molar-refractivity contribution in [3.8, 4) is 0 Å². The molecule has 1 heteroatoms. The second-order valence-electron chi connectivity index (χ2n) is 5.57. The van der Waals surface area contributed by atoms with Crippen LogP contribution in [-0.4, -0.2) is 5.78 Å². The highest BCUT2D eigenvalue weighted by atomic mass is 16.1. The van der Waals surface area contributed by atoms with Crippen molar-refractivity contribution >= 4 is 5.78 Å². The van der Waals surface area contributed by atoms with Crippen molar-refractivity contribution in [2.45, 2.75) is 40.5 Å². The second-order valence-corrected chi connectivity index (χ2v) is 5.57. The van der Waals surface area contributed by atoms with Gasteiger partial charge in [0, 0.05) is 11.8 Å². The first-order valence-corrected chi connectivity index (χ1v) is 6.58. The summed E-state index contributed by atoms with van der Waals surface area (Å²) in [6.07, 6.45) is 1.88. The van der Waals surface area contributed by atoms with Gasteiger partial charge in [0.15, 0.2) is 0 Å². The molecule has 0 aromatic heterocycles. The fourth-order valence-corrected chi connectivity index (χ4v) is 2.24. The maximum absolute atomic E-state index is 12.2. The van der Waals surface area contributed by atoms with Gasteiger partial charge >= 0.3 is 0 Å². The van der Waals surface area contributed by atoms with Crippen molar-refractivity contribution in [2.24, 2.45) is 17.8 Å². The SMILES string of the molecule is CC(C)CC(Cc1ccccc1)C(=O)C(C)C. The Balaban J connectivity index is 2.74. The number of hydrogen-bond donors (Lipinski definition) is 0. The van der Waals surface area contributed by atoms with Gasteiger partial charge in [0.25, 0.3) is 0 Å². The molecule has 0 N–H and O–H groups in total. The van der Waals surface area contributed by atoms with E-state index in [1.165, 1.54) is 5.56 Å². The molecule has 0 radical (unpaired) electrons. The zero-order valence-electron chi connectivity index (χ0n) is 11.4. The van der Waals surface area contributed by atoms with Crippen LogP contribution >= 0.6 is 0 Å². The van der Waals surface area contributed by atoms with Crippen LogP contribution in [0.2, 0.25) is 0 Å². The summed E-state index contributed by atoms with van der Waals surface area (Å²) in [7, 11) is 0. The molecule has 0 saturated carbocycles. The summed E-state index contributed by atoms with van der Waals surface area (Å²) >= 11 is 0. The summed E-state index contributed by atoms with van der Waals surface area (Å²) in [5.41, 5.74) is 1.27. The molecule has 0 bridgehead atoms. The molecule has 0 amide bonds. The number of Topliss-reactive ketones (excluding diaryl/α,β-unsaturated/α-hetero) is 1. The summed E-state index contributed by atoms with van der Waals surface area (Å²) in [5, 5.41) is 0. The van der Waals surface area contributed by atoms with Gasteiger partial charge in [-0.25, -0.2) is 0 Å². The minimum Gasteiger partial charge on any atom is -0.299 e. The molecule has 1 unspecified atom stereocenters. The van der Waals surface area contributed by atoms with E-state index in [0.717, 1.165) is 12.8 Å². The fourth-order valence-electron chi connectivity index (χ4n) is 2.24. The van der Waals surface area contributed by atoms with Crippen LogP contribution in [0.5, 0.6) is 0 Å². The lowest BCUT2D eigenvalue weighted by Gasteiger charge is -2.20. The van der Waals surface area contributed by atoms with Crippen molar-refractivity contribution in [2.75, 3.05) is 0 Å². The van der Waals surface area contributed by atoms with E-state index in [1.807, 2.05) is 32.0 Å². The maximum atomic E-state index is 12.2. The summed E-state index contributed by atoms with van der Waals surface area (Å²) < 4.78 is 0. The van der Waals surface area contributed by atoms with Gasteiger partial charge in [-0.05, 0) is 24.3 Å². The number of carbonyl (C=O) groups excluding carboxylic acids is 1. The van der Waals surface area contributed by atoms with E-state index in [-0.39, 0.29) is 11.8 Å². The van der Waals surface area contributed by atoms with Crippen LogP contribution in [0.3, 0.4) is 0 Å². The van der Waals surface area contributed by atoms with Crippen LogP contribution in [0.15, 0.2) is 30.3 Å². The third-order valence-corrected chi connectivity index (χ3v) is 3.05. The molecule has 0 aliphatic rings. The van der Waals surface area contributed by atoms with E-state index >= 15 is 0 Å². The Morgan fingerprint density at radius 2 is 1.65 bits per heavy atom. The maximum Gasteiger partial charge on any atom is 0.138 e. The first-order valence-electron chi connectivity index (χ1n) is 6.58. The second kappa shape index (κ2) is 6.58. The number of rotatable bonds is 6. The molecule has 0 aliphatic carbocycles. The normalized spacial score (nSPS) is 13.1. The first-order chi connectivity index (χ1) is 8.00. The van der Waals surface area contributed by atoms with Gasteiger partial charge in [-0.3, -0.25) is 4.79 Å². The molecule has 94 valence electrons. The van der Waals surface area contributed by atoms with Crippen LogP contribution in [0.1, 0.15) is 39.7 Å². The van der Waals surface area contributed by atoms with Crippen LogP contribution in [0.4, 0.5) is 0 Å². The summed E-state index contributed by atoms with van der Waals surface area (Å²) in [4.78, 5) is 12.2. The lowest BCUT2D eigenvalue weighted by Crippen LogP contribution is -2.23. The molecular weight excluding hydrogens is 208 g/mol. The largest absolute Gasteiger partial charge is 0.299 e. The topological polar surface area (TPSA) is 17.1 Å². The first kappa shape index (κ1) is 14.0. The molecular formula is C16H24O. The Kier molecular flexibility index (Phi) is 5.40. The Hall–Kier alpha value is -1.11. The van der Waals surface area contributed by atoms with Gasteiger partial charge in [0.05, 0.1) is 0 Å². The van der Waals surface area contributed by atoms with Crippen molar-refractivity contribution in [1.29, 1.82) is 0 Å². The Morgan fingerprint density at radius 1 is 1.06 bits per heavy atom. The molecule has 1 aromatic carbocycles. The van der Waals surface area contributed by atoms with Gasteiger partial charge in [-0.1, -0.05) is 58.0 Å². The van der Waals surface area contributed by atoms with Gasteiger partial charge in [-0.15, -0.1) is 0 Å². The minimum absolute atomic E-state index is 0.141. The lowest BCUT2D eigenvalue weighted by molar-refractivity contribution is -0.126. The Bertz CT molecular complexity index is 338. The fraction of sp³-hybridized carbons (Fsp3) is 0.562. The third-order valence-electron chi connectivity index (χ3n) is 3.05. The van der Waals surface area contributed by atoms with Crippen LogP contribution < -0.4 is 0 Å². The van der Waals surface area contributed by atoms with Gasteiger partial charge < -0.3 is 0 Å². The lowest BCUT2D eigenvalue weighted by atomic mass is 9.84. The predicted molar refractivity (Wildman–Crippen MR) is 72.9 cm³/mol. The van der Waals surface area contributed by atoms with Crippen LogP contribution in [0.25, 0.3) is 0 Å². The van der Waals surface area contributed by atoms with Crippen molar-refractivity contribution in [3.63, 3.8) is 0 Å². The summed E-state index contributed by atoms with van der Waals surface area (Å²) in [6, 6.07) is 10.3. The van der Waals surface area contributed by atoms with Crippen LogP contribution in [-0.2, 0) is 11.2 Å². The number of ketones is 1. The molecule has 0 fully saturated rings. The number of hydrogen-bond acceptors (Lipinski definition) is 1. The molecule has 0 aliphatic heterocycles. The average molecular weight is 232 g/mol. The van der Waals surface area contributed by atoms with Crippen molar-refractivity contribution < 1.29 is 4.79 Å². The minimum atomic E-state index is 0.141. The van der Waals surface area contributed by atoms with E-state index in [9.17, 15) is 4.79 Å². The predicted octanol–water partition coefficient (Wildman–Crippen LogP) is 4.12. The zero-order chi connectivity index (χ0) is 12.8. The highest BCUT2D eigenvalue weighted by molar-refractivity contribution is 5.83. The van der Waals surface area contributed by atoms with Crippen molar-refractivity contribution in [3.05, 3.63) is 35.9 Å². The molecule has 1 atom stereocenters. The highest BCUT2D eigenvalue weighted by Gasteiger charge is 2.22. The standard InChI is InChI=1S/C16H24O/c1-12(2)10-15(16(17)13(3)4)11-14-8-6-5-7-9-14/h5-9,12-13,15H,10-11H2,1-4H3. The monoisotopic (exact) mass is 232 g/mol.